The van der Waals surface area contributed by atoms with Crippen molar-refractivity contribution in [3.63, 3.8) is 0 Å². The Balaban J connectivity index is 1.54. The summed E-state index contributed by atoms with van der Waals surface area (Å²) in [5.74, 6) is 0.0793. The average Bonchev–Trinajstić information content (AvgIpc) is 3.10. The minimum Gasteiger partial charge on any atom is -0.339 e. The van der Waals surface area contributed by atoms with Gasteiger partial charge >= 0.3 is 0 Å². The number of nitrogens with zero attached hydrogens (tertiary/aromatic N) is 6. The lowest BCUT2D eigenvalue weighted by atomic mass is 10.1. The van der Waals surface area contributed by atoms with Crippen LogP contribution in [0.2, 0.25) is 0 Å². The number of aromatic nitrogens is 4. The van der Waals surface area contributed by atoms with Crippen molar-refractivity contribution in [2.45, 2.75) is 19.9 Å². The maximum atomic E-state index is 14.3. The predicted molar refractivity (Wildman–Crippen MR) is 108 cm³/mol. The van der Waals surface area contributed by atoms with Gasteiger partial charge in [-0.2, -0.15) is 5.10 Å². The highest BCUT2D eigenvalue weighted by atomic mass is 19.1. The number of carbonyl (C=O) groups excluding carboxylic acids is 1. The summed E-state index contributed by atoms with van der Waals surface area (Å²) in [5, 5.41) is 4.24. The van der Waals surface area contributed by atoms with Gasteiger partial charge in [0.2, 0.25) is 5.95 Å². The number of hydrogen-bond donors (Lipinski definition) is 0. The van der Waals surface area contributed by atoms with Crippen molar-refractivity contribution in [3.8, 4) is 11.3 Å². The molecule has 0 saturated carbocycles. The zero-order valence-corrected chi connectivity index (χ0v) is 16.3. The Morgan fingerprint density at radius 2 is 1.90 bits per heavy atom. The second-order valence-corrected chi connectivity index (χ2v) is 6.94. The lowest BCUT2D eigenvalue weighted by Crippen LogP contribution is -2.35. The summed E-state index contributed by atoms with van der Waals surface area (Å²) in [4.78, 5) is 25.5. The number of aryl methyl sites for hydroxylation is 1. The Morgan fingerprint density at radius 3 is 2.69 bits per heavy atom. The molecular weight excluding hydrogens is 371 g/mol. The number of amides is 1. The Labute approximate surface area is 168 Å². The molecule has 0 N–H and O–H groups in total. The quantitative estimate of drug-likeness (QED) is 0.681. The summed E-state index contributed by atoms with van der Waals surface area (Å²) < 4.78 is 16.1. The molecule has 7 nitrogen and oxygen atoms in total. The van der Waals surface area contributed by atoms with Gasteiger partial charge in [0.25, 0.3) is 5.91 Å². The molecule has 1 amide bonds. The summed E-state index contributed by atoms with van der Waals surface area (Å²) in [5.41, 5.74) is 1.81. The zero-order chi connectivity index (χ0) is 20.2. The third-order valence-corrected chi connectivity index (χ3v) is 5.07. The number of benzene rings is 1. The molecule has 1 aromatic carbocycles. The molecule has 150 valence electrons. The monoisotopic (exact) mass is 394 g/mol. The van der Waals surface area contributed by atoms with E-state index >= 15 is 0 Å². The maximum Gasteiger partial charge on any atom is 0.254 e. The van der Waals surface area contributed by atoms with Crippen molar-refractivity contribution in [1.29, 1.82) is 0 Å². The van der Waals surface area contributed by atoms with E-state index in [2.05, 4.69) is 20.0 Å². The topological polar surface area (TPSA) is 67.2 Å². The molecule has 0 unspecified atom stereocenters. The van der Waals surface area contributed by atoms with Crippen LogP contribution in [0.5, 0.6) is 0 Å². The van der Waals surface area contributed by atoms with Crippen LogP contribution < -0.4 is 4.90 Å². The Bertz CT molecular complexity index is 990. The molecule has 8 heteroatoms. The van der Waals surface area contributed by atoms with Gasteiger partial charge in [0.15, 0.2) is 0 Å². The highest BCUT2D eigenvalue weighted by molar-refractivity contribution is 5.95. The van der Waals surface area contributed by atoms with Crippen molar-refractivity contribution in [1.82, 2.24) is 24.6 Å². The maximum absolute atomic E-state index is 14.3. The van der Waals surface area contributed by atoms with E-state index in [1.165, 1.54) is 12.1 Å². The van der Waals surface area contributed by atoms with Crippen LogP contribution in [0.4, 0.5) is 10.3 Å². The molecule has 1 fully saturated rings. The number of carbonyl (C=O) groups is 1. The van der Waals surface area contributed by atoms with E-state index in [1.807, 2.05) is 13.0 Å². The summed E-state index contributed by atoms with van der Waals surface area (Å²) >= 11 is 0. The Hall–Kier alpha value is -3.29. The highest BCUT2D eigenvalue weighted by Crippen LogP contribution is 2.23. The molecule has 29 heavy (non-hydrogen) atoms. The van der Waals surface area contributed by atoms with Gasteiger partial charge in [-0.3, -0.25) is 9.48 Å². The summed E-state index contributed by atoms with van der Waals surface area (Å²) in [6.45, 7) is 5.21. The van der Waals surface area contributed by atoms with Crippen molar-refractivity contribution in [3.05, 3.63) is 60.3 Å². The zero-order valence-electron chi connectivity index (χ0n) is 16.3. The van der Waals surface area contributed by atoms with Crippen LogP contribution in [-0.4, -0.2) is 56.7 Å². The minimum absolute atomic E-state index is 0.163. The number of anilines is 1. The van der Waals surface area contributed by atoms with Gasteiger partial charge in [-0.25, -0.2) is 14.4 Å². The Kier molecular flexibility index (Phi) is 5.50. The number of halogens is 1. The van der Waals surface area contributed by atoms with Crippen LogP contribution in [0, 0.1) is 5.82 Å². The lowest BCUT2D eigenvalue weighted by Gasteiger charge is -2.22. The molecule has 4 rings (SSSR count). The second-order valence-electron chi connectivity index (χ2n) is 6.94. The number of hydrogen-bond acceptors (Lipinski definition) is 5. The van der Waals surface area contributed by atoms with Crippen LogP contribution in [0.3, 0.4) is 0 Å². The van der Waals surface area contributed by atoms with Crippen LogP contribution in [0.25, 0.3) is 11.3 Å². The predicted octanol–water partition coefficient (Wildman–Crippen LogP) is 2.85. The molecule has 0 aliphatic carbocycles. The van der Waals surface area contributed by atoms with E-state index in [4.69, 9.17) is 0 Å². The highest BCUT2D eigenvalue weighted by Gasteiger charge is 2.22. The SMILES string of the molecule is CCn1nccc1-c1cc(F)cc(C(=O)N2CCCN(c3ncccn3)CC2)c1. The van der Waals surface area contributed by atoms with Gasteiger partial charge in [-0.05, 0) is 43.7 Å². The van der Waals surface area contributed by atoms with Gasteiger partial charge in [-0.1, -0.05) is 0 Å². The van der Waals surface area contributed by atoms with Crippen molar-refractivity contribution >= 4 is 11.9 Å². The first kappa shape index (κ1) is 19.0. The number of rotatable bonds is 4. The van der Waals surface area contributed by atoms with Crippen molar-refractivity contribution in [2.75, 3.05) is 31.1 Å². The smallest absolute Gasteiger partial charge is 0.254 e. The standard InChI is InChI=1S/C21H23FN6O/c1-2-28-19(5-8-25-28)16-13-17(15-18(22)14-16)20(29)26-9-4-10-27(12-11-26)21-23-6-3-7-24-21/h3,5-8,13-15H,2,4,9-12H2,1H3. The normalized spacial score (nSPS) is 14.7. The first-order valence-electron chi connectivity index (χ1n) is 9.79. The molecule has 0 spiro atoms. The first-order valence-corrected chi connectivity index (χ1v) is 9.79. The summed E-state index contributed by atoms with van der Waals surface area (Å²) in [6.07, 6.45) is 5.91. The van der Waals surface area contributed by atoms with E-state index in [9.17, 15) is 9.18 Å². The van der Waals surface area contributed by atoms with Crippen LogP contribution >= 0.6 is 0 Å². The molecule has 0 bridgehead atoms. The van der Waals surface area contributed by atoms with E-state index in [-0.39, 0.29) is 5.91 Å². The molecule has 1 aliphatic rings. The molecule has 1 saturated heterocycles. The summed E-state index contributed by atoms with van der Waals surface area (Å²) in [6, 6.07) is 8.11. The summed E-state index contributed by atoms with van der Waals surface area (Å²) in [7, 11) is 0. The lowest BCUT2D eigenvalue weighted by molar-refractivity contribution is 0.0766. The third kappa shape index (κ3) is 4.11. The minimum atomic E-state index is -0.427. The van der Waals surface area contributed by atoms with Crippen LogP contribution in [0.15, 0.2) is 48.9 Å². The van der Waals surface area contributed by atoms with Crippen molar-refractivity contribution < 1.29 is 9.18 Å². The largest absolute Gasteiger partial charge is 0.339 e. The van der Waals surface area contributed by atoms with E-state index in [0.29, 0.717) is 43.3 Å². The van der Waals surface area contributed by atoms with Crippen molar-refractivity contribution in [2.24, 2.45) is 0 Å². The molecule has 2 aromatic heterocycles. The molecule has 1 aliphatic heterocycles. The molecular formula is C21H23FN6O. The molecule has 3 aromatic rings. The van der Waals surface area contributed by atoms with Gasteiger partial charge in [-0.15, -0.1) is 0 Å². The average molecular weight is 394 g/mol. The van der Waals surface area contributed by atoms with E-state index < -0.39 is 5.82 Å². The van der Waals surface area contributed by atoms with Crippen LogP contribution in [-0.2, 0) is 6.54 Å². The fraction of sp³-hybridized carbons (Fsp3) is 0.333. The Morgan fingerprint density at radius 1 is 1.07 bits per heavy atom. The van der Waals surface area contributed by atoms with Gasteiger partial charge < -0.3 is 9.80 Å². The fourth-order valence-corrected chi connectivity index (χ4v) is 3.65. The van der Waals surface area contributed by atoms with E-state index in [1.54, 1.807) is 40.3 Å². The second kappa shape index (κ2) is 8.38. The van der Waals surface area contributed by atoms with Gasteiger partial charge in [0.05, 0.1) is 5.69 Å². The van der Waals surface area contributed by atoms with Crippen LogP contribution in [0.1, 0.15) is 23.7 Å². The van der Waals surface area contributed by atoms with E-state index in [0.717, 1.165) is 18.7 Å². The molecule has 0 atom stereocenters. The van der Waals surface area contributed by atoms with Gasteiger partial charge in [0.1, 0.15) is 5.82 Å². The first-order chi connectivity index (χ1) is 14.2. The third-order valence-electron chi connectivity index (χ3n) is 5.07. The fourth-order valence-electron chi connectivity index (χ4n) is 3.65. The molecule has 3 heterocycles. The molecule has 0 radical (unpaired) electrons. The van der Waals surface area contributed by atoms with Gasteiger partial charge in [0, 0.05) is 62.4 Å².